The van der Waals surface area contributed by atoms with Crippen molar-refractivity contribution in [1.29, 1.82) is 5.26 Å². The maximum Gasteiger partial charge on any atom is 0.347 e. The number of carbonyl (C=O) groups excluding carboxylic acids is 2. The van der Waals surface area contributed by atoms with E-state index in [1.165, 1.54) is 30.4 Å². The van der Waals surface area contributed by atoms with E-state index in [2.05, 4.69) is 4.98 Å². The zero-order valence-corrected chi connectivity index (χ0v) is 16.2. The second-order valence-corrected chi connectivity index (χ2v) is 7.03. The molecule has 6 nitrogen and oxygen atoms in total. The second kappa shape index (κ2) is 8.99. The topological polar surface area (TPSA) is 89.3 Å². The Morgan fingerprint density at radius 1 is 1.38 bits per heavy atom. The Bertz CT molecular complexity index is 863. The monoisotopic (exact) mass is 412 g/mol. The summed E-state index contributed by atoms with van der Waals surface area (Å²) in [5, 5.41) is 12.0. The summed E-state index contributed by atoms with van der Waals surface area (Å²) in [5.74, 6) is -2.10. The summed E-state index contributed by atoms with van der Waals surface area (Å²) in [4.78, 5) is 28.3. The van der Waals surface area contributed by atoms with Gasteiger partial charge in [-0.25, -0.2) is 9.78 Å². The molecule has 0 bridgehead atoms. The van der Waals surface area contributed by atoms with E-state index in [0.29, 0.717) is 10.0 Å². The van der Waals surface area contributed by atoms with E-state index in [1.807, 2.05) is 6.07 Å². The number of benzene rings is 1. The van der Waals surface area contributed by atoms with E-state index in [-0.39, 0.29) is 10.8 Å². The molecule has 136 valence electrons. The molecule has 0 saturated carbocycles. The molecule has 0 unspecified atom stereocenters. The van der Waals surface area contributed by atoms with Crippen LogP contribution in [-0.4, -0.2) is 29.4 Å². The van der Waals surface area contributed by atoms with Crippen molar-refractivity contribution in [2.45, 2.75) is 25.9 Å². The minimum atomic E-state index is -1.07. The molecule has 2 atom stereocenters. The number of hydrogen-bond acceptors (Lipinski definition) is 7. The second-order valence-electron chi connectivity index (χ2n) is 5.30. The van der Waals surface area contributed by atoms with Crippen molar-refractivity contribution in [1.82, 2.24) is 4.98 Å². The number of carbonyl (C=O) groups is 2. The summed E-state index contributed by atoms with van der Waals surface area (Å²) in [6, 6.07) is 6.45. The molecular formula is C17H14Cl2N2O4S. The minimum Gasteiger partial charge on any atom is -0.477 e. The smallest absolute Gasteiger partial charge is 0.347 e. The van der Waals surface area contributed by atoms with Crippen LogP contribution in [0.2, 0.25) is 10.0 Å². The van der Waals surface area contributed by atoms with Crippen LogP contribution in [0, 0.1) is 18.3 Å². The van der Waals surface area contributed by atoms with Crippen LogP contribution < -0.4 is 4.74 Å². The summed E-state index contributed by atoms with van der Waals surface area (Å²) in [6.45, 7) is 2.68. The summed E-state index contributed by atoms with van der Waals surface area (Å²) in [5.41, 5.74) is 0.719. The Morgan fingerprint density at radius 2 is 2.12 bits per heavy atom. The van der Waals surface area contributed by atoms with E-state index in [4.69, 9.17) is 32.7 Å². The van der Waals surface area contributed by atoms with Gasteiger partial charge in [0, 0.05) is 16.1 Å². The molecule has 9 heteroatoms. The van der Waals surface area contributed by atoms with Gasteiger partial charge in [0.25, 0.3) is 0 Å². The molecule has 26 heavy (non-hydrogen) atoms. The van der Waals surface area contributed by atoms with Crippen LogP contribution >= 0.6 is 34.5 Å². The van der Waals surface area contributed by atoms with Gasteiger partial charge < -0.3 is 9.47 Å². The molecule has 0 radical (unpaired) electrons. The third-order valence-electron chi connectivity index (χ3n) is 3.22. The highest BCUT2D eigenvalue weighted by Crippen LogP contribution is 2.28. The van der Waals surface area contributed by atoms with Crippen molar-refractivity contribution in [3.05, 3.63) is 44.3 Å². The standard InChI is InChI=1S/C17H14Cl2N2O4S/c1-9-8-26-16(21-9)12(6-20)14(22)7-24-17(23)10(2)25-15-4-3-11(18)5-13(15)19/h3-5,8,10,12H,7H2,1-2H3/t10-,12+/m0/s1. The zero-order chi connectivity index (χ0) is 19.3. The summed E-state index contributed by atoms with van der Waals surface area (Å²) in [7, 11) is 0. The molecule has 0 aliphatic carbocycles. The van der Waals surface area contributed by atoms with Gasteiger partial charge in [0.15, 0.2) is 24.4 Å². The highest BCUT2D eigenvalue weighted by atomic mass is 35.5. The normalized spacial score (nSPS) is 12.7. The van der Waals surface area contributed by atoms with Crippen LogP contribution in [0.4, 0.5) is 0 Å². The van der Waals surface area contributed by atoms with Crippen molar-refractivity contribution in [2.24, 2.45) is 0 Å². The van der Waals surface area contributed by atoms with E-state index >= 15 is 0 Å². The van der Waals surface area contributed by atoms with Crippen molar-refractivity contribution < 1.29 is 19.1 Å². The van der Waals surface area contributed by atoms with Gasteiger partial charge in [-0.3, -0.25) is 4.79 Å². The number of Topliss-reactive ketones (excluding diaryl/α,β-unsaturated/α-hetero) is 1. The summed E-state index contributed by atoms with van der Waals surface area (Å²) >= 11 is 13.0. The quantitative estimate of drug-likeness (QED) is 0.639. The summed E-state index contributed by atoms with van der Waals surface area (Å²) in [6.07, 6.45) is -0.996. The van der Waals surface area contributed by atoms with Crippen LogP contribution in [0.25, 0.3) is 0 Å². The van der Waals surface area contributed by atoms with E-state index in [1.54, 1.807) is 18.4 Å². The molecule has 0 saturated heterocycles. The predicted octanol–water partition coefficient (Wildman–Crippen LogP) is 3.95. The fourth-order valence-corrected chi connectivity index (χ4v) is 3.24. The number of ether oxygens (including phenoxy) is 2. The molecule has 0 N–H and O–H groups in total. The number of rotatable bonds is 7. The summed E-state index contributed by atoms with van der Waals surface area (Å²) < 4.78 is 10.4. The van der Waals surface area contributed by atoms with Gasteiger partial charge in [0.05, 0.1) is 11.1 Å². The Balaban J connectivity index is 1.92. The highest BCUT2D eigenvalue weighted by Gasteiger charge is 2.26. The first-order valence-corrected chi connectivity index (χ1v) is 9.08. The Morgan fingerprint density at radius 3 is 2.69 bits per heavy atom. The Kier molecular flexibility index (Phi) is 6.98. The highest BCUT2D eigenvalue weighted by molar-refractivity contribution is 7.09. The molecule has 1 aromatic heterocycles. The van der Waals surface area contributed by atoms with Crippen molar-refractivity contribution in [2.75, 3.05) is 6.61 Å². The average molecular weight is 413 g/mol. The fourth-order valence-electron chi connectivity index (χ4n) is 1.92. The molecule has 0 amide bonds. The van der Waals surface area contributed by atoms with Gasteiger partial charge >= 0.3 is 5.97 Å². The average Bonchev–Trinajstić information content (AvgIpc) is 3.01. The maximum absolute atomic E-state index is 12.2. The molecule has 1 aromatic carbocycles. The largest absolute Gasteiger partial charge is 0.477 e. The third kappa shape index (κ3) is 5.18. The number of aromatic nitrogens is 1. The van der Waals surface area contributed by atoms with Crippen LogP contribution in [-0.2, 0) is 14.3 Å². The van der Waals surface area contributed by atoms with Crippen LogP contribution in [0.5, 0.6) is 5.75 Å². The molecule has 0 spiro atoms. The number of nitriles is 1. The predicted molar refractivity (Wildman–Crippen MR) is 97.7 cm³/mol. The molecular weight excluding hydrogens is 399 g/mol. The Labute approximate surface area is 164 Å². The zero-order valence-electron chi connectivity index (χ0n) is 13.9. The van der Waals surface area contributed by atoms with E-state index in [9.17, 15) is 14.9 Å². The van der Waals surface area contributed by atoms with Crippen LogP contribution in [0.3, 0.4) is 0 Å². The maximum atomic E-state index is 12.2. The number of ketones is 1. The molecule has 2 aromatic rings. The first-order valence-electron chi connectivity index (χ1n) is 7.44. The van der Waals surface area contributed by atoms with E-state index < -0.39 is 30.4 Å². The van der Waals surface area contributed by atoms with Crippen molar-refractivity contribution in [3.8, 4) is 11.8 Å². The fraction of sp³-hybridized carbons (Fsp3) is 0.294. The SMILES string of the molecule is Cc1csc([C@H](C#N)C(=O)COC(=O)[C@H](C)Oc2ccc(Cl)cc2Cl)n1. The van der Waals surface area contributed by atoms with Gasteiger partial charge in [-0.2, -0.15) is 5.26 Å². The van der Waals surface area contributed by atoms with Gasteiger partial charge in [-0.1, -0.05) is 23.2 Å². The van der Waals surface area contributed by atoms with Crippen LogP contribution in [0.15, 0.2) is 23.6 Å². The minimum absolute atomic E-state index is 0.247. The van der Waals surface area contributed by atoms with Gasteiger partial charge in [-0.05, 0) is 32.0 Å². The number of thiazole rings is 1. The third-order valence-corrected chi connectivity index (χ3v) is 4.78. The molecule has 0 aliphatic heterocycles. The van der Waals surface area contributed by atoms with Gasteiger partial charge in [0.1, 0.15) is 10.8 Å². The number of esters is 1. The number of hydrogen-bond donors (Lipinski definition) is 0. The van der Waals surface area contributed by atoms with Gasteiger partial charge in [-0.15, -0.1) is 11.3 Å². The van der Waals surface area contributed by atoms with Crippen molar-refractivity contribution in [3.63, 3.8) is 0 Å². The van der Waals surface area contributed by atoms with Crippen molar-refractivity contribution >= 4 is 46.3 Å². The number of halogens is 2. The lowest BCUT2D eigenvalue weighted by atomic mass is 10.1. The van der Waals surface area contributed by atoms with Crippen LogP contribution in [0.1, 0.15) is 23.5 Å². The number of nitrogens with zero attached hydrogens (tertiary/aromatic N) is 2. The lowest BCUT2D eigenvalue weighted by molar-refractivity contribution is -0.154. The Hall–Kier alpha value is -2.14. The first-order chi connectivity index (χ1) is 12.3. The molecule has 0 aliphatic rings. The van der Waals surface area contributed by atoms with Gasteiger partial charge in [0.2, 0.25) is 0 Å². The lowest BCUT2D eigenvalue weighted by Gasteiger charge is -2.15. The first kappa shape index (κ1) is 20.2. The molecule has 1 heterocycles. The molecule has 2 rings (SSSR count). The number of aryl methyl sites for hydroxylation is 1. The van der Waals surface area contributed by atoms with E-state index in [0.717, 1.165) is 5.69 Å². The molecule has 0 fully saturated rings. The lowest BCUT2D eigenvalue weighted by Crippen LogP contribution is -2.29.